The van der Waals surface area contributed by atoms with Crippen LogP contribution in [-0.4, -0.2) is 15.9 Å². The van der Waals surface area contributed by atoms with Crippen LogP contribution in [0.15, 0.2) is 67.0 Å². The van der Waals surface area contributed by atoms with Crippen LogP contribution in [0.1, 0.15) is 21.5 Å². The van der Waals surface area contributed by atoms with Crippen LogP contribution in [0.2, 0.25) is 0 Å². The van der Waals surface area contributed by atoms with Crippen LogP contribution in [0, 0.1) is 5.82 Å². The van der Waals surface area contributed by atoms with E-state index in [1.807, 2.05) is 30.3 Å². The number of rotatable bonds is 6. The quantitative estimate of drug-likeness (QED) is 0.726. The van der Waals surface area contributed by atoms with Gasteiger partial charge in [0, 0.05) is 31.0 Å². The first-order valence-electron chi connectivity index (χ1n) is 7.84. The molecule has 1 aromatic heterocycles. The lowest BCUT2D eigenvalue weighted by Gasteiger charge is -2.07. The van der Waals surface area contributed by atoms with Crippen molar-refractivity contribution in [2.75, 3.05) is 5.32 Å². The predicted molar refractivity (Wildman–Crippen MR) is 93.4 cm³/mol. The number of hydrogen-bond donors (Lipinski definition) is 2. The van der Waals surface area contributed by atoms with E-state index in [9.17, 15) is 9.18 Å². The van der Waals surface area contributed by atoms with Gasteiger partial charge in [-0.05, 0) is 11.6 Å². The lowest BCUT2D eigenvalue weighted by Crippen LogP contribution is -2.23. The highest BCUT2D eigenvalue weighted by Crippen LogP contribution is 2.07. The molecule has 126 valence electrons. The average molecular weight is 336 g/mol. The molecule has 0 atom stereocenters. The Kier molecular flexibility index (Phi) is 5.31. The van der Waals surface area contributed by atoms with Gasteiger partial charge in [-0.25, -0.2) is 14.4 Å². The van der Waals surface area contributed by atoms with Gasteiger partial charge in [-0.1, -0.05) is 48.5 Å². The molecule has 1 heterocycles. The molecule has 0 radical (unpaired) electrons. The summed E-state index contributed by atoms with van der Waals surface area (Å²) in [5.74, 6) is -0.258. The van der Waals surface area contributed by atoms with Crippen LogP contribution < -0.4 is 10.6 Å². The van der Waals surface area contributed by atoms with E-state index >= 15 is 0 Å². The molecule has 0 saturated heterocycles. The number of hydrogen-bond acceptors (Lipinski definition) is 4. The number of aromatic nitrogens is 2. The normalized spacial score (nSPS) is 10.3. The fourth-order valence-corrected chi connectivity index (χ4v) is 2.23. The molecule has 0 fully saturated rings. The Morgan fingerprint density at radius 2 is 1.60 bits per heavy atom. The summed E-state index contributed by atoms with van der Waals surface area (Å²) in [4.78, 5) is 20.3. The Morgan fingerprint density at radius 3 is 2.32 bits per heavy atom. The van der Waals surface area contributed by atoms with E-state index in [1.165, 1.54) is 18.5 Å². The summed E-state index contributed by atoms with van der Waals surface area (Å²) in [5, 5.41) is 5.74. The van der Waals surface area contributed by atoms with Crippen molar-refractivity contribution in [3.05, 3.63) is 89.5 Å². The third kappa shape index (κ3) is 4.60. The molecule has 0 spiro atoms. The Morgan fingerprint density at radius 1 is 0.920 bits per heavy atom. The Balaban J connectivity index is 1.54. The van der Waals surface area contributed by atoms with Gasteiger partial charge >= 0.3 is 0 Å². The summed E-state index contributed by atoms with van der Waals surface area (Å²) in [7, 11) is 0. The number of carbonyl (C=O) groups excluding carboxylic acids is 1. The topological polar surface area (TPSA) is 66.9 Å². The molecule has 25 heavy (non-hydrogen) atoms. The molecule has 6 heteroatoms. The second-order valence-electron chi connectivity index (χ2n) is 5.41. The third-order valence-corrected chi connectivity index (χ3v) is 3.60. The first-order chi connectivity index (χ1) is 12.2. The highest BCUT2D eigenvalue weighted by Gasteiger charge is 2.08. The van der Waals surface area contributed by atoms with E-state index < -0.39 is 0 Å². The zero-order valence-electron chi connectivity index (χ0n) is 13.4. The number of carbonyl (C=O) groups is 1. The molecule has 2 aromatic carbocycles. The van der Waals surface area contributed by atoms with Crippen molar-refractivity contribution in [3.63, 3.8) is 0 Å². The molecule has 5 nitrogen and oxygen atoms in total. The minimum Gasteiger partial charge on any atom is -0.350 e. The number of amides is 1. The summed E-state index contributed by atoms with van der Waals surface area (Å²) in [6, 6.07) is 16.2. The summed E-state index contributed by atoms with van der Waals surface area (Å²) >= 11 is 0. The number of nitrogens with one attached hydrogen (secondary N) is 2. The van der Waals surface area contributed by atoms with E-state index in [0.29, 0.717) is 23.6 Å². The van der Waals surface area contributed by atoms with E-state index in [2.05, 4.69) is 20.6 Å². The maximum atomic E-state index is 13.5. The van der Waals surface area contributed by atoms with Crippen molar-refractivity contribution in [2.24, 2.45) is 0 Å². The second-order valence-corrected chi connectivity index (χ2v) is 5.41. The van der Waals surface area contributed by atoms with Crippen LogP contribution in [0.4, 0.5) is 10.3 Å². The molecule has 3 aromatic rings. The summed E-state index contributed by atoms with van der Waals surface area (Å²) in [5.41, 5.74) is 1.86. The second kappa shape index (κ2) is 8.01. The lowest BCUT2D eigenvalue weighted by atomic mass is 10.2. The van der Waals surface area contributed by atoms with Crippen LogP contribution in [0.5, 0.6) is 0 Å². The van der Waals surface area contributed by atoms with Crippen molar-refractivity contribution in [1.29, 1.82) is 0 Å². The molecule has 3 rings (SSSR count). The van der Waals surface area contributed by atoms with Crippen molar-refractivity contribution >= 4 is 11.9 Å². The first-order valence-corrected chi connectivity index (χ1v) is 7.84. The highest BCUT2D eigenvalue weighted by atomic mass is 19.1. The summed E-state index contributed by atoms with van der Waals surface area (Å²) < 4.78 is 13.5. The average Bonchev–Trinajstić information content (AvgIpc) is 2.67. The number of anilines is 1. The predicted octanol–water partition coefficient (Wildman–Crippen LogP) is 3.16. The first kappa shape index (κ1) is 16.6. The van der Waals surface area contributed by atoms with Crippen LogP contribution in [-0.2, 0) is 13.1 Å². The molecule has 0 saturated carbocycles. The Bertz CT molecular complexity index is 838. The Labute approximate surface area is 145 Å². The standard InChI is InChI=1S/C19H17FN4O/c20-17-9-5-4-8-15(17)11-21-18(25)16-12-23-19(24-13-16)22-10-14-6-2-1-3-7-14/h1-9,12-13H,10-11H2,(H,21,25)(H,22,23,24). The van der Waals surface area contributed by atoms with Gasteiger partial charge in [0.2, 0.25) is 5.95 Å². The fraction of sp³-hybridized carbons (Fsp3) is 0.105. The Hall–Kier alpha value is -3.28. The third-order valence-electron chi connectivity index (χ3n) is 3.60. The number of nitrogens with zero attached hydrogens (tertiary/aromatic N) is 2. The molecule has 0 aliphatic rings. The van der Waals surface area contributed by atoms with Gasteiger partial charge in [-0.15, -0.1) is 0 Å². The van der Waals surface area contributed by atoms with Gasteiger partial charge in [0.05, 0.1) is 5.56 Å². The van der Waals surface area contributed by atoms with Gasteiger partial charge in [0.1, 0.15) is 5.82 Å². The van der Waals surface area contributed by atoms with E-state index in [4.69, 9.17) is 0 Å². The molecule has 0 bridgehead atoms. The van der Waals surface area contributed by atoms with Crippen LogP contribution in [0.25, 0.3) is 0 Å². The maximum Gasteiger partial charge on any atom is 0.254 e. The van der Waals surface area contributed by atoms with E-state index in [-0.39, 0.29) is 18.3 Å². The SMILES string of the molecule is O=C(NCc1ccccc1F)c1cnc(NCc2ccccc2)nc1. The van der Waals surface area contributed by atoms with Crippen molar-refractivity contribution in [2.45, 2.75) is 13.1 Å². The molecule has 0 aliphatic carbocycles. The van der Waals surface area contributed by atoms with Gasteiger partial charge in [0.25, 0.3) is 5.91 Å². The van der Waals surface area contributed by atoms with Gasteiger partial charge in [-0.3, -0.25) is 4.79 Å². The number of benzene rings is 2. The minimum atomic E-state index is -0.349. The molecule has 2 N–H and O–H groups in total. The fourth-order valence-electron chi connectivity index (χ4n) is 2.23. The van der Waals surface area contributed by atoms with Gasteiger partial charge < -0.3 is 10.6 Å². The molecule has 0 aliphatic heterocycles. The van der Waals surface area contributed by atoms with Gasteiger partial charge in [0.15, 0.2) is 0 Å². The monoisotopic (exact) mass is 336 g/mol. The summed E-state index contributed by atoms with van der Waals surface area (Å²) in [6.45, 7) is 0.708. The molecule has 0 unspecified atom stereocenters. The van der Waals surface area contributed by atoms with Crippen molar-refractivity contribution in [3.8, 4) is 0 Å². The summed E-state index contributed by atoms with van der Waals surface area (Å²) in [6.07, 6.45) is 2.88. The zero-order valence-corrected chi connectivity index (χ0v) is 13.4. The maximum absolute atomic E-state index is 13.5. The van der Waals surface area contributed by atoms with Crippen molar-refractivity contribution < 1.29 is 9.18 Å². The van der Waals surface area contributed by atoms with Crippen LogP contribution >= 0.6 is 0 Å². The molecular formula is C19H17FN4O. The molecular weight excluding hydrogens is 319 g/mol. The van der Waals surface area contributed by atoms with Crippen molar-refractivity contribution in [1.82, 2.24) is 15.3 Å². The zero-order chi connectivity index (χ0) is 17.5. The molecule has 1 amide bonds. The largest absolute Gasteiger partial charge is 0.350 e. The van der Waals surface area contributed by atoms with Gasteiger partial charge in [-0.2, -0.15) is 0 Å². The number of halogens is 1. The lowest BCUT2D eigenvalue weighted by molar-refractivity contribution is 0.0950. The minimum absolute atomic E-state index is 0.111. The smallest absolute Gasteiger partial charge is 0.254 e. The van der Waals surface area contributed by atoms with E-state index in [1.54, 1.807) is 18.2 Å². The highest BCUT2D eigenvalue weighted by molar-refractivity contribution is 5.93. The van der Waals surface area contributed by atoms with E-state index in [0.717, 1.165) is 5.56 Å². The van der Waals surface area contributed by atoms with Crippen LogP contribution in [0.3, 0.4) is 0 Å².